The Labute approximate surface area is 115 Å². The van der Waals surface area contributed by atoms with Gasteiger partial charge in [0.1, 0.15) is 4.88 Å². The smallest absolute Gasteiger partial charge is 0.266 e. The Morgan fingerprint density at radius 1 is 1.41 bits per heavy atom. The fourth-order valence-electron chi connectivity index (χ4n) is 1.25. The summed E-state index contributed by atoms with van der Waals surface area (Å²) in [6.45, 7) is 0. The van der Waals surface area contributed by atoms with Crippen LogP contribution in [0.5, 0.6) is 5.75 Å². The number of aromatic hydroxyl groups is 1. The molecule has 2 N–H and O–H groups in total. The lowest BCUT2D eigenvalue weighted by Crippen LogP contribution is -2.10. The molecule has 0 fully saturated rings. The zero-order chi connectivity index (χ0) is 12.4. The molecule has 0 aliphatic carbocycles. The molecule has 1 aromatic carbocycles. The highest BCUT2D eigenvalue weighted by atomic mass is 79.9. The van der Waals surface area contributed by atoms with E-state index in [4.69, 9.17) is 11.6 Å². The largest absolute Gasteiger partial charge is 0.504 e. The van der Waals surface area contributed by atoms with Gasteiger partial charge in [-0.05, 0) is 39.5 Å². The zero-order valence-corrected chi connectivity index (χ0v) is 11.6. The molecule has 88 valence electrons. The van der Waals surface area contributed by atoms with Crippen LogP contribution >= 0.6 is 38.9 Å². The van der Waals surface area contributed by atoms with E-state index in [9.17, 15) is 9.90 Å². The second kappa shape index (κ2) is 5.08. The van der Waals surface area contributed by atoms with Gasteiger partial charge in [0, 0.05) is 4.47 Å². The van der Waals surface area contributed by atoms with Crippen molar-refractivity contribution in [2.45, 2.75) is 0 Å². The molecule has 0 radical (unpaired) electrons. The first-order valence-electron chi connectivity index (χ1n) is 4.61. The maximum absolute atomic E-state index is 11.9. The number of benzene rings is 1. The van der Waals surface area contributed by atoms with Crippen LogP contribution in [0.3, 0.4) is 0 Å². The third-order valence-electron chi connectivity index (χ3n) is 2.06. The number of hydrogen-bond acceptors (Lipinski definition) is 3. The number of phenolic OH excluding ortho intramolecular Hbond substituents is 1. The summed E-state index contributed by atoms with van der Waals surface area (Å²) in [6, 6.07) is 6.58. The third kappa shape index (κ3) is 2.62. The monoisotopic (exact) mass is 331 g/mol. The summed E-state index contributed by atoms with van der Waals surface area (Å²) in [5.41, 5.74) is 0.294. The molecule has 0 saturated heterocycles. The number of carbonyl (C=O) groups is 1. The number of para-hydroxylation sites is 1. The number of amides is 1. The topological polar surface area (TPSA) is 49.3 Å². The van der Waals surface area contributed by atoms with Crippen molar-refractivity contribution in [1.82, 2.24) is 0 Å². The standard InChI is InChI=1S/C11H7BrClNO2S/c12-6-4-5-17-10(6)11(16)14-8-3-1-2-7(13)9(8)15/h1-5,15H,(H,14,16). The fraction of sp³-hybridized carbons (Fsp3) is 0. The van der Waals surface area contributed by atoms with Crippen LogP contribution in [0.15, 0.2) is 34.1 Å². The number of phenols is 1. The molecule has 0 saturated carbocycles. The molecule has 0 aliphatic heterocycles. The minimum absolute atomic E-state index is 0.129. The van der Waals surface area contributed by atoms with Crippen LogP contribution in [0.1, 0.15) is 9.67 Å². The second-order valence-electron chi connectivity index (χ2n) is 3.19. The van der Waals surface area contributed by atoms with Crippen molar-refractivity contribution in [1.29, 1.82) is 0 Å². The first-order valence-corrected chi connectivity index (χ1v) is 6.66. The van der Waals surface area contributed by atoms with Crippen molar-refractivity contribution in [3.05, 3.63) is 44.0 Å². The second-order valence-corrected chi connectivity index (χ2v) is 5.37. The SMILES string of the molecule is O=C(Nc1cccc(Cl)c1O)c1sccc1Br. The molecule has 0 bridgehead atoms. The Balaban J connectivity index is 2.25. The maximum atomic E-state index is 11.9. The number of halogens is 2. The first-order chi connectivity index (χ1) is 8.09. The van der Waals surface area contributed by atoms with Gasteiger partial charge in [-0.3, -0.25) is 4.79 Å². The van der Waals surface area contributed by atoms with Gasteiger partial charge in [0.2, 0.25) is 0 Å². The van der Waals surface area contributed by atoms with E-state index in [1.165, 1.54) is 11.3 Å². The molecule has 1 heterocycles. The number of thiophene rings is 1. The van der Waals surface area contributed by atoms with E-state index in [1.807, 2.05) is 0 Å². The van der Waals surface area contributed by atoms with Crippen molar-refractivity contribution in [2.24, 2.45) is 0 Å². The van der Waals surface area contributed by atoms with E-state index in [2.05, 4.69) is 21.2 Å². The average molecular weight is 333 g/mol. The van der Waals surface area contributed by atoms with Crippen LogP contribution in [0.25, 0.3) is 0 Å². The molecule has 0 aliphatic rings. The highest BCUT2D eigenvalue weighted by molar-refractivity contribution is 9.10. The molecule has 6 heteroatoms. The molecule has 0 atom stereocenters. The molecule has 2 aromatic rings. The Hall–Kier alpha value is -1.04. The average Bonchev–Trinajstić information content (AvgIpc) is 2.71. The summed E-state index contributed by atoms with van der Waals surface area (Å²) in [4.78, 5) is 12.4. The molecular formula is C11H7BrClNO2S. The number of hydrogen-bond donors (Lipinski definition) is 2. The number of nitrogens with one attached hydrogen (secondary N) is 1. The van der Waals surface area contributed by atoms with Crippen molar-refractivity contribution in [3.8, 4) is 5.75 Å². The van der Waals surface area contributed by atoms with Gasteiger partial charge in [0.25, 0.3) is 5.91 Å². The minimum Gasteiger partial charge on any atom is -0.504 e. The van der Waals surface area contributed by atoms with Gasteiger partial charge in [-0.15, -0.1) is 11.3 Å². The summed E-state index contributed by atoms with van der Waals surface area (Å²) in [6.07, 6.45) is 0. The molecule has 17 heavy (non-hydrogen) atoms. The lowest BCUT2D eigenvalue weighted by Gasteiger charge is -2.07. The summed E-state index contributed by atoms with van der Waals surface area (Å²) < 4.78 is 0.724. The predicted octanol–water partition coefficient (Wildman–Crippen LogP) is 4.12. The van der Waals surface area contributed by atoms with Crippen molar-refractivity contribution in [2.75, 3.05) is 5.32 Å². The van der Waals surface area contributed by atoms with E-state index >= 15 is 0 Å². The van der Waals surface area contributed by atoms with E-state index < -0.39 is 0 Å². The van der Waals surface area contributed by atoms with Crippen molar-refractivity contribution in [3.63, 3.8) is 0 Å². The third-order valence-corrected chi connectivity index (χ3v) is 4.20. The van der Waals surface area contributed by atoms with Crippen LogP contribution < -0.4 is 5.32 Å². The van der Waals surface area contributed by atoms with Gasteiger partial charge in [0.05, 0.1) is 10.7 Å². The highest BCUT2D eigenvalue weighted by Crippen LogP contribution is 2.32. The number of anilines is 1. The van der Waals surface area contributed by atoms with Crippen LogP contribution in [0.2, 0.25) is 5.02 Å². The highest BCUT2D eigenvalue weighted by Gasteiger charge is 2.14. The van der Waals surface area contributed by atoms with Gasteiger partial charge in [-0.25, -0.2) is 0 Å². The fourth-order valence-corrected chi connectivity index (χ4v) is 2.87. The number of carbonyl (C=O) groups excluding carboxylic acids is 1. The van der Waals surface area contributed by atoms with Gasteiger partial charge < -0.3 is 10.4 Å². The Morgan fingerprint density at radius 2 is 2.18 bits per heavy atom. The Kier molecular flexibility index (Phi) is 3.71. The molecular weight excluding hydrogens is 326 g/mol. The van der Waals surface area contributed by atoms with E-state index in [1.54, 1.807) is 29.6 Å². The van der Waals surface area contributed by atoms with Crippen molar-refractivity contribution < 1.29 is 9.90 Å². The van der Waals surface area contributed by atoms with Crippen LogP contribution in [0.4, 0.5) is 5.69 Å². The van der Waals surface area contributed by atoms with Crippen LogP contribution in [0, 0.1) is 0 Å². The number of rotatable bonds is 2. The van der Waals surface area contributed by atoms with Crippen LogP contribution in [-0.4, -0.2) is 11.0 Å². The van der Waals surface area contributed by atoms with Gasteiger partial charge in [-0.1, -0.05) is 17.7 Å². The summed E-state index contributed by atoms with van der Waals surface area (Å²) in [7, 11) is 0. The molecule has 3 nitrogen and oxygen atoms in total. The quantitative estimate of drug-likeness (QED) is 0.813. The lowest BCUT2D eigenvalue weighted by atomic mass is 10.3. The van der Waals surface area contributed by atoms with Gasteiger partial charge in [0.15, 0.2) is 5.75 Å². The minimum atomic E-state index is -0.288. The molecule has 1 aromatic heterocycles. The van der Waals surface area contributed by atoms with E-state index in [-0.39, 0.29) is 16.7 Å². The predicted molar refractivity (Wildman–Crippen MR) is 73.1 cm³/mol. The summed E-state index contributed by atoms with van der Waals surface area (Å²) in [5, 5.41) is 14.3. The molecule has 2 rings (SSSR count). The molecule has 0 unspecified atom stereocenters. The van der Waals surface area contributed by atoms with Crippen molar-refractivity contribution >= 4 is 50.5 Å². The van der Waals surface area contributed by atoms with E-state index in [0.717, 1.165) is 4.47 Å². The van der Waals surface area contributed by atoms with Gasteiger partial charge >= 0.3 is 0 Å². The lowest BCUT2D eigenvalue weighted by molar-refractivity contribution is 0.102. The Morgan fingerprint density at radius 3 is 2.82 bits per heavy atom. The van der Waals surface area contributed by atoms with Crippen LogP contribution in [-0.2, 0) is 0 Å². The maximum Gasteiger partial charge on any atom is 0.266 e. The van der Waals surface area contributed by atoms with E-state index in [0.29, 0.717) is 10.6 Å². The molecule has 1 amide bonds. The molecule has 0 spiro atoms. The summed E-state index contributed by atoms with van der Waals surface area (Å²) >= 11 is 10.3. The zero-order valence-electron chi connectivity index (χ0n) is 8.41. The normalized spacial score (nSPS) is 10.2. The summed E-state index contributed by atoms with van der Waals surface area (Å²) in [5.74, 6) is -0.417. The first kappa shape index (κ1) is 12.4. The van der Waals surface area contributed by atoms with Gasteiger partial charge in [-0.2, -0.15) is 0 Å². The Bertz CT molecular complexity index is 570.